The molecule has 2 aromatic carbocycles. The molecule has 0 atom stereocenters. The summed E-state index contributed by atoms with van der Waals surface area (Å²) in [6.07, 6.45) is 0. The number of sulfonamides is 1. The highest BCUT2D eigenvalue weighted by Crippen LogP contribution is 2.11. The fraction of sp³-hybridized carbons (Fsp3) is 0.235. The fourth-order valence-corrected chi connectivity index (χ4v) is 2.83. The van der Waals surface area contributed by atoms with Gasteiger partial charge in [-0.3, -0.25) is 0 Å². The highest BCUT2D eigenvalue weighted by atomic mass is 35.5. The molecule has 0 aliphatic carbocycles. The van der Waals surface area contributed by atoms with E-state index in [1.807, 2.05) is 31.2 Å². The first-order valence-corrected chi connectivity index (χ1v) is 9.69. The van der Waals surface area contributed by atoms with Crippen molar-refractivity contribution in [1.82, 2.24) is 10.6 Å². The molecule has 0 saturated carbocycles. The molecule has 0 saturated heterocycles. The third-order valence-corrected chi connectivity index (χ3v) is 4.53. The maximum absolute atomic E-state index is 11.4. The Morgan fingerprint density at radius 1 is 1.12 bits per heavy atom. The topological polar surface area (TPSA) is 96.6 Å². The molecule has 0 radical (unpaired) electrons. The second kappa shape index (κ2) is 8.84. The molecule has 0 heterocycles. The van der Waals surface area contributed by atoms with Gasteiger partial charge in [0.1, 0.15) is 0 Å². The van der Waals surface area contributed by atoms with Gasteiger partial charge in [-0.15, -0.1) is 0 Å². The number of nitrogens with two attached hydrogens (primary N) is 1. The molecule has 2 aromatic rings. The van der Waals surface area contributed by atoms with Crippen LogP contribution in [0, 0.1) is 0 Å². The standard InChI is InChI=1S/C17H21ClN4O2S/c1-2-20-17(21-11-13-6-8-15(18)9-7-13)22-12-14-4-3-5-16(10-14)25(19,23)24/h3-10H,2,11-12H2,1H3,(H2,19,23,24)(H2,20,21,22). The number of hydrogen-bond acceptors (Lipinski definition) is 3. The Bertz CT molecular complexity index is 836. The molecule has 0 unspecified atom stereocenters. The molecule has 134 valence electrons. The smallest absolute Gasteiger partial charge is 0.238 e. The second-order valence-electron chi connectivity index (χ2n) is 5.37. The van der Waals surface area contributed by atoms with E-state index in [-0.39, 0.29) is 4.90 Å². The minimum Gasteiger partial charge on any atom is -0.357 e. The van der Waals surface area contributed by atoms with E-state index in [9.17, 15) is 8.42 Å². The molecular formula is C17H21ClN4O2S. The second-order valence-corrected chi connectivity index (χ2v) is 7.37. The Morgan fingerprint density at radius 3 is 2.48 bits per heavy atom. The van der Waals surface area contributed by atoms with Crippen LogP contribution in [0.15, 0.2) is 58.4 Å². The summed E-state index contributed by atoms with van der Waals surface area (Å²) in [6, 6.07) is 14.0. The van der Waals surface area contributed by atoms with Gasteiger partial charge in [-0.2, -0.15) is 0 Å². The molecular weight excluding hydrogens is 360 g/mol. The predicted octanol–water partition coefficient (Wildman–Crippen LogP) is 2.24. The van der Waals surface area contributed by atoms with Gasteiger partial charge in [-0.1, -0.05) is 35.9 Å². The number of rotatable bonds is 6. The maximum atomic E-state index is 11.4. The fourth-order valence-electron chi connectivity index (χ4n) is 2.12. The van der Waals surface area contributed by atoms with E-state index in [1.54, 1.807) is 12.1 Å². The molecule has 0 aliphatic rings. The summed E-state index contributed by atoms with van der Waals surface area (Å²) in [6.45, 7) is 3.62. The van der Waals surface area contributed by atoms with E-state index in [2.05, 4.69) is 15.6 Å². The van der Waals surface area contributed by atoms with E-state index in [4.69, 9.17) is 16.7 Å². The van der Waals surface area contributed by atoms with Crippen molar-refractivity contribution in [2.24, 2.45) is 10.1 Å². The van der Waals surface area contributed by atoms with Crippen LogP contribution in [0.5, 0.6) is 0 Å². The van der Waals surface area contributed by atoms with Gasteiger partial charge in [0.05, 0.1) is 11.4 Å². The van der Waals surface area contributed by atoms with E-state index in [1.165, 1.54) is 12.1 Å². The zero-order valence-electron chi connectivity index (χ0n) is 13.9. The third kappa shape index (κ3) is 6.38. The first kappa shape index (κ1) is 19.2. The Kier molecular flexibility index (Phi) is 6.81. The van der Waals surface area contributed by atoms with Crippen molar-refractivity contribution in [3.05, 3.63) is 64.7 Å². The van der Waals surface area contributed by atoms with Crippen molar-refractivity contribution in [2.75, 3.05) is 6.54 Å². The summed E-state index contributed by atoms with van der Waals surface area (Å²) in [5.74, 6) is 0.637. The molecule has 2 rings (SSSR count). The number of aliphatic imine (C=N–C) groups is 1. The van der Waals surface area contributed by atoms with E-state index >= 15 is 0 Å². The summed E-state index contributed by atoms with van der Waals surface area (Å²) in [7, 11) is -3.71. The lowest BCUT2D eigenvalue weighted by Gasteiger charge is -2.11. The van der Waals surface area contributed by atoms with Crippen LogP contribution < -0.4 is 15.8 Å². The Balaban J connectivity index is 2.05. The molecule has 4 N–H and O–H groups in total. The molecule has 0 aromatic heterocycles. The summed E-state index contributed by atoms with van der Waals surface area (Å²) >= 11 is 5.88. The van der Waals surface area contributed by atoms with Crippen molar-refractivity contribution in [3.63, 3.8) is 0 Å². The lowest BCUT2D eigenvalue weighted by atomic mass is 10.2. The van der Waals surface area contributed by atoms with Gasteiger partial charge in [0, 0.05) is 18.1 Å². The summed E-state index contributed by atoms with van der Waals surface area (Å²) < 4.78 is 22.8. The first-order valence-electron chi connectivity index (χ1n) is 7.77. The molecule has 8 heteroatoms. The Hall–Kier alpha value is -2.09. The molecule has 25 heavy (non-hydrogen) atoms. The van der Waals surface area contributed by atoms with Gasteiger partial charge in [-0.05, 0) is 42.3 Å². The summed E-state index contributed by atoms with van der Waals surface area (Å²) in [4.78, 5) is 4.55. The van der Waals surface area contributed by atoms with Crippen LogP contribution in [0.1, 0.15) is 18.1 Å². The average Bonchev–Trinajstić information content (AvgIpc) is 2.58. The van der Waals surface area contributed by atoms with Crippen molar-refractivity contribution < 1.29 is 8.42 Å². The molecule has 0 fully saturated rings. The third-order valence-electron chi connectivity index (χ3n) is 3.36. The van der Waals surface area contributed by atoms with Gasteiger partial charge < -0.3 is 10.6 Å². The average molecular weight is 381 g/mol. The maximum Gasteiger partial charge on any atom is 0.238 e. The number of primary sulfonamides is 1. The van der Waals surface area contributed by atoms with Crippen LogP contribution in [0.25, 0.3) is 0 Å². The van der Waals surface area contributed by atoms with Crippen LogP contribution in [-0.2, 0) is 23.1 Å². The number of guanidine groups is 1. The van der Waals surface area contributed by atoms with Crippen molar-refractivity contribution in [3.8, 4) is 0 Å². The lowest BCUT2D eigenvalue weighted by Crippen LogP contribution is -2.36. The van der Waals surface area contributed by atoms with Crippen molar-refractivity contribution in [1.29, 1.82) is 0 Å². The van der Waals surface area contributed by atoms with E-state index in [0.29, 0.717) is 30.6 Å². The minimum absolute atomic E-state index is 0.0827. The highest BCUT2D eigenvalue weighted by molar-refractivity contribution is 7.89. The monoisotopic (exact) mass is 380 g/mol. The Morgan fingerprint density at radius 2 is 1.84 bits per heavy atom. The number of benzene rings is 2. The number of nitrogens with zero attached hydrogens (tertiary/aromatic N) is 1. The molecule has 0 amide bonds. The van der Waals surface area contributed by atoms with E-state index in [0.717, 1.165) is 11.1 Å². The normalized spacial score (nSPS) is 12.0. The Labute approximate surface area is 153 Å². The summed E-state index contributed by atoms with van der Waals surface area (Å²) in [5.41, 5.74) is 1.83. The zero-order valence-corrected chi connectivity index (χ0v) is 15.4. The largest absolute Gasteiger partial charge is 0.357 e. The van der Waals surface area contributed by atoms with Crippen LogP contribution in [0.3, 0.4) is 0 Å². The number of nitrogens with one attached hydrogen (secondary N) is 2. The SMILES string of the molecule is CCNC(=NCc1cccc(S(N)(=O)=O)c1)NCc1ccc(Cl)cc1. The van der Waals surface area contributed by atoms with Gasteiger partial charge in [-0.25, -0.2) is 18.5 Å². The van der Waals surface area contributed by atoms with Gasteiger partial charge in [0.15, 0.2) is 5.96 Å². The van der Waals surface area contributed by atoms with Crippen LogP contribution in [0.2, 0.25) is 5.02 Å². The van der Waals surface area contributed by atoms with Crippen molar-refractivity contribution in [2.45, 2.75) is 24.9 Å². The molecule has 0 aliphatic heterocycles. The predicted molar refractivity (Wildman–Crippen MR) is 101 cm³/mol. The quantitative estimate of drug-likeness (QED) is 0.529. The van der Waals surface area contributed by atoms with E-state index < -0.39 is 10.0 Å². The van der Waals surface area contributed by atoms with Crippen LogP contribution >= 0.6 is 11.6 Å². The molecule has 0 spiro atoms. The van der Waals surface area contributed by atoms with Gasteiger partial charge >= 0.3 is 0 Å². The zero-order chi connectivity index (χ0) is 18.3. The first-order chi connectivity index (χ1) is 11.9. The number of halogens is 1. The van der Waals surface area contributed by atoms with Crippen molar-refractivity contribution >= 4 is 27.6 Å². The molecule has 6 nitrogen and oxygen atoms in total. The summed E-state index contributed by atoms with van der Waals surface area (Å²) in [5, 5.41) is 12.2. The van der Waals surface area contributed by atoms with Gasteiger partial charge in [0.2, 0.25) is 10.0 Å². The van der Waals surface area contributed by atoms with Gasteiger partial charge in [0.25, 0.3) is 0 Å². The van der Waals surface area contributed by atoms with Crippen LogP contribution in [0.4, 0.5) is 0 Å². The highest BCUT2D eigenvalue weighted by Gasteiger charge is 2.07. The van der Waals surface area contributed by atoms with Crippen LogP contribution in [-0.4, -0.2) is 20.9 Å². The minimum atomic E-state index is -3.71. The molecule has 0 bridgehead atoms. The lowest BCUT2D eigenvalue weighted by molar-refractivity contribution is 0.597. The number of hydrogen-bond donors (Lipinski definition) is 3.